The van der Waals surface area contributed by atoms with Crippen LogP contribution in [-0.2, 0) is 6.54 Å². The first-order valence-electron chi connectivity index (χ1n) is 3.74. The highest BCUT2D eigenvalue weighted by atomic mass is 32.1. The van der Waals surface area contributed by atoms with Gasteiger partial charge in [0, 0.05) is 16.8 Å². The van der Waals surface area contributed by atoms with Crippen LogP contribution in [0.3, 0.4) is 0 Å². The summed E-state index contributed by atoms with van der Waals surface area (Å²) in [6.07, 6.45) is 0. The summed E-state index contributed by atoms with van der Waals surface area (Å²) in [4.78, 5) is 6.39. The lowest BCUT2D eigenvalue weighted by molar-refractivity contribution is 0.918. The highest BCUT2D eigenvalue weighted by Gasteiger charge is 1.95. The maximum absolute atomic E-state index is 5.47. The zero-order valence-electron chi connectivity index (χ0n) is 7.29. The van der Waals surface area contributed by atoms with Crippen molar-refractivity contribution < 1.29 is 0 Å². The van der Waals surface area contributed by atoms with Gasteiger partial charge in [-0.25, -0.2) is 0 Å². The van der Waals surface area contributed by atoms with Crippen LogP contribution >= 0.6 is 11.3 Å². The number of nitrogens with zero attached hydrogens (tertiary/aromatic N) is 1. The third-order valence-electron chi connectivity index (χ3n) is 1.48. The fourth-order valence-electron chi connectivity index (χ4n) is 0.837. The van der Waals surface area contributed by atoms with Gasteiger partial charge in [0.05, 0.1) is 6.54 Å². The van der Waals surface area contributed by atoms with Crippen LogP contribution in [0.1, 0.15) is 9.75 Å². The Labute approximate surface area is 76.3 Å². The van der Waals surface area contributed by atoms with Crippen LogP contribution in [0.15, 0.2) is 17.1 Å². The van der Waals surface area contributed by atoms with Gasteiger partial charge in [0.1, 0.15) is 0 Å². The zero-order valence-corrected chi connectivity index (χ0v) is 8.11. The molecule has 1 aromatic rings. The highest BCUT2D eigenvalue weighted by molar-refractivity contribution is 7.11. The number of aliphatic imine (C=N–C) groups is 1. The molecule has 1 heterocycles. The van der Waals surface area contributed by atoms with E-state index in [0.717, 1.165) is 6.54 Å². The molecule has 0 saturated carbocycles. The van der Waals surface area contributed by atoms with Gasteiger partial charge in [-0.05, 0) is 19.1 Å². The van der Waals surface area contributed by atoms with Crippen molar-refractivity contribution in [1.82, 2.24) is 5.32 Å². The number of nitrogens with one attached hydrogen (secondary N) is 1. The Kier molecular flexibility index (Phi) is 3.10. The van der Waals surface area contributed by atoms with Crippen LogP contribution in [0.4, 0.5) is 0 Å². The summed E-state index contributed by atoms with van der Waals surface area (Å²) in [7, 11) is 1.67. The smallest absolute Gasteiger partial charge is 0.188 e. The van der Waals surface area contributed by atoms with E-state index in [2.05, 4.69) is 29.4 Å². The van der Waals surface area contributed by atoms with Gasteiger partial charge in [-0.3, -0.25) is 4.99 Å². The minimum Gasteiger partial charge on any atom is -0.370 e. The first-order chi connectivity index (χ1) is 5.72. The number of hydrogen-bond acceptors (Lipinski definition) is 2. The lowest BCUT2D eigenvalue weighted by Crippen LogP contribution is -2.30. The van der Waals surface area contributed by atoms with Crippen molar-refractivity contribution in [2.45, 2.75) is 13.5 Å². The molecule has 0 radical (unpaired) electrons. The largest absolute Gasteiger partial charge is 0.370 e. The summed E-state index contributed by atoms with van der Waals surface area (Å²) in [5, 5.41) is 3.00. The topological polar surface area (TPSA) is 50.4 Å². The highest BCUT2D eigenvalue weighted by Crippen LogP contribution is 2.14. The van der Waals surface area contributed by atoms with Gasteiger partial charge >= 0.3 is 0 Å². The molecule has 0 atom stereocenters. The Morgan fingerprint density at radius 3 is 2.92 bits per heavy atom. The van der Waals surface area contributed by atoms with Crippen molar-refractivity contribution in [2.75, 3.05) is 7.05 Å². The van der Waals surface area contributed by atoms with Crippen molar-refractivity contribution in [2.24, 2.45) is 10.7 Å². The average Bonchev–Trinajstić information content (AvgIpc) is 2.47. The molecule has 4 heteroatoms. The molecule has 3 nitrogen and oxygen atoms in total. The zero-order chi connectivity index (χ0) is 8.97. The van der Waals surface area contributed by atoms with Crippen molar-refractivity contribution in [1.29, 1.82) is 0 Å². The maximum atomic E-state index is 5.47. The first kappa shape index (κ1) is 9.06. The third kappa shape index (κ3) is 2.54. The second-order valence-electron chi connectivity index (χ2n) is 2.47. The SMILES string of the molecule is CN=C(N)NCc1ccc(C)s1. The van der Waals surface area contributed by atoms with Gasteiger partial charge in [-0.15, -0.1) is 11.3 Å². The van der Waals surface area contributed by atoms with Gasteiger partial charge < -0.3 is 11.1 Å². The average molecular weight is 183 g/mol. The third-order valence-corrected chi connectivity index (χ3v) is 2.48. The fourth-order valence-corrected chi connectivity index (χ4v) is 1.67. The molecule has 0 aliphatic heterocycles. The van der Waals surface area contributed by atoms with Crippen molar-refractivity contribution in [3.8, 4) is 0 Å². The molecule has 0 bridgehead atoms. The number of hydrogen-bond donors (Lipinski definition) is 2. The number of rotatable bonds is 2. The predicted octanol–water partition coefficient (Wildman–Crippen LogP) is 1.09. The van der Waals surface area contributed by atoms with Crippen LogP contribution < -0.4 is 11.1 Å². The predicted molar refractivity (Wildman–Crippen MR) is 53.4 cm³/mol. The summed E-state index contributed by atoms with van der Waals surface area (Å²) in [5.41, 5.74) is 5.47. The first-order valence-corrected chi connectivity index (χ1v) is 4.55. The minimum atomic E-state index is 0.487. The Balaban J connectivity index is 2.43. The lowest BCUT2D eigenvalue weighted by atomic mass is 10.4. The molecule has 0 unspecified atom stereocenters. The number of nitrogens with two attached hydrogens (primary N) is 1. The number of thiophene rings is 1. The number of guanidine groups is 1. The van der Waals surface area contributed by atoms with Crippen LogP contribution in [0.25, 0.3) is 0 Å². The van der Waals surface area contributed by atoms with Crippen molar-refractivity contribution >= 4 is 17.3 Å². The van der Waals surface area contributed by atoms with Gasteiger partial charge in [0.15, 0.2) is 5.96 Å². The van der Waals surface area contributed by atoms with Crippen molar-refractivity contribution in [3.05, 3.63) is 21.9 Å². The fraction of sp³-hybridized carbons (Fsp3) is 0.375. The van der Waals surface area contributed by atoms with Crippen molar-refractivity contribution in [3.63, 3.8) is 0 Å². The molecule has 0 amide bonds. The van der Waals surface area contributed by atoms with Gasteiger partial charge in [0.2, 0.25) is 0 Å². The monoisotopic (exact) mass is 183 g/mol. The van der Waals surface area contributed by atoms with Crippen LogP contribution in [0.2, 0.25) is 0 Å². The molecule has 0 spiro atoms. The summed E-state index contributed by atoms with van der Waals surface area (Å²) in [6, 6.07) is 4.19. The Hall–Kier alpha value is -1.03. The molecule has 12 heavy (non-hydrogen) atoms. The standard InChI is InChI=1S/C8H13N3S/c1-6-3-4-7(12-6)5-11-8(9)10-2/h3-4H,5H2,1-2H3,(H3,9,10,11). The number of aryl methyl sites for hydroxylation is 1. The molecule has 0 fully saturated rings. The molecule has 3 N–H and O–H groups in total. The molecule has 0 saturated heterocycles. The maximum Gasteiger partial charge on any atom is 0.188 e. The van der Waals surface area contributed by atoms with E-state index in [0.29, 0.717) is 5.96 Å². The van der Waals surface area contributed by atoms with E-state index in [4.69, 9.17) is 5.73 Å². The Bertz CT molecular complexity index is 278. The van der Waals surface area contributed by atoms with E-state index in [1.54, 1.807) is 18.4 Å². The molecular weight excluding hydrogens is 170 g/mol. The molecule has 0 aromatic carbocycles. The molecule has 66 valence electrons. The van der Waals surface area contributed by atoms with Gasteiger partial charge in [-0.2, -0.15) is 0 Å². The van der Waals surface area contributed by atoms with E-state index in [1.165, 1.54) is 9.75 Å². The molecular formula is C8H13N3S. The quantitative estimate of drug-likeness (QED) is 0.532. The van der Waals surface area contributed by atoms with Gasteiger partial charge in [-0.1, -0.05) is 0 Å². The molecule has 1 rings (SSSR count). The molecule has 1 aromatic heterocycles. The van der Waals surface area contributed by atoms with E-state index in [-0.39, 0.29) is 0 Å². The summed E-state index contributed by atoms with van der Waals surface area (Å²) in [6.45, 7) is 2.85. The molecule has 0 aliphatic rings. The summed E-state index contributed by atoms with van der Waals surface area (Å²) in [5.74, 6) is 0.487. The second-order valence-corrected chi connectivity index (χ2v) is 3.85. The normalized spacial score (nSPS) is 11.7. The Morgan fingerprint density at radius 1 is 1.67 bits per heavy atom. The van der Waals surface area contributed by atoms with Crippen LogP contribution in [0.5, 0.6) is 0 Å². The lowest BCUT2D eigenvalue weighted by Gasteiger charge is -2.00. The van der Waals surface area contributed by atoms with Crippen LogP contribution in [-0.4, -0.2) is 13.0 Å². The Morgan fingerprint density at radius 2 is 2.42 bits per heavy atom. The van der Waals surface area contributed by atoms with E-state index in [9.17, 15) is 0 Å². The van der Waals surface area contributed by atoms with E-state index >= 15 is 0 Å². The van der Waals surface area contributed by atoms with Gasteiger partial charge in [0.25, 0.3) is 0 Å². The van der Waals surface area contributed by atoms with Crippen LogP contribution in [0, 0.1) is 6.92 Å². The molecule has 0 aliphatic carbocycles. The van der Waals surface area contributed by atoms with E-state index in [1.807, 2.05) is 0 Å². The minimum absolute atomic E-state index is 0.487. The second kappa shape index (κ2) is 4.11. The summed E-state index contributed by atoms with van der Waals surface area (Å²) >= 11 is 1.77. The van der Waals surface area contributed by atoms with E-state index < -0.39 is 0 Å². The summed E-state index contributed by atoms with van der Waals surface area (Å²) < 4.78 is 0.